The summed E-state index contributed by atoms with van der Waals surface area (Å²) in [6.07, 6.45) is 2.73. The van der Waals surface area contributed by atoms with Crippen LogP contribution >= 0.6 is 0 Å². The van der Waals surface area contributed by atoms with E-state index in [4.69, 9.17) is 4.74 Å². The lowest BCUT2D eigenvalue weighted by Gasteiger charge is -2.40. The number of methoxy groups -OCH3 is 1. The molecule has 27 heavy (non-hydrogen) atoms. The molecule has 2 atom stereocenters. The lowest BCUT2D eigenvalue weighted by Crippen LogP contribution is -2.48. The Morgan fingerprint density at radius 2 is 1.89 bits per heavy atom. The van der Waals surface area contributed by atoms with E-state index in [1.807, 2.05) is 6.07 Å². The standard InChI is InChI=1S/C23H26N2O2/c1-3-9-20-22-18(17-12-7-8-13-19(17)24-22)14-21(23(26)27-2)25(20)15-16-10-5-4-6-11-16/h4-8,10-13,20-21,24H,3,9,14-15H2,1-2H3/t20-,21+/m0/s1. The Hall–Kier alpha value is -2.59. The van der Waals surface area contributed by atoms with Crippen molar-refractivity contribution in [2.45, 2.75) is 44.8 Å². The van der Waals surface area contributed by atoms with Crippen LogP contribution in [0.25, 0.3) is 10.9 Å². The average Bonchev–Trinajstić information content (AvgIpc) is 3.08. The Morgan fingerprint density at radius 3 is 2.63 bits per heavy atom. The van der Waals surface area contributed by atoms with Gasteiger partial charge in [-0.25, -0.2) is 0 Å². The first-order valence-electron chi connectivity index (χ1n) is 9.70. The third-order valence-electron chi connectivity index (χ3n) is 5.62. The Balaban J connectivity index is 1.81. The third kappa shape index (κ3) is 3.26. The van der Waals surface area contributed by atoms with E-state index in [1.54, 1.807) is 0 Å². The SMILES string of the molecule is CCC[C@H]1c2[nH]c3ccccc3c2C[C@H](C(=O)OC)N1Cc1ccccc1. The molecule has 4 rings (SSSR count). The van der Waals surface area contributed by atoms with E-state index in [2.05, 4.69) is 65.3 Å². The summed E-state index contributed by atoms with van der Waals surface area (Å²) in [4.78, 5) is 18.7. The van der Waals surface area contributed by atoms with Crippen LogP contribution in [0, 0.1) is 0 Å². The van der Waals surface area contributed by atoms with Crippen molar-refractivity contribution >= 4 is 16.9 Å². The van der Waals surface area contributed by atoms with Gasteiger partial charge in [-0.2, -0.15) is 0 Å². The highest BCUT2D eigenvalue weighted by atomic mass is 16.5. The minimum Gasteiger partial charge on any atom is -0.468 e. The number of nitrogens with one attached hydrogen (secondary N) is 1. The smallest absolute Gasteiger partial charge is 0.323 e. The van der Waals surface area contributed by atoms with Gasteiger partial charge in [-0.1, -0.05) is 61.9 Å². The molecule has 1 aromatic heterocycles. The number of nitrogens with zero attached hydrogens (tertiary/aromatic N) is 1. The number of aromatic nitrogens is 1. The number of para-hydroxylation sites is 1. The molecule has 0 spiro atoms. The first-order valence-corrected chi connectivity index (χ1v) is 9.70. The number of hydrogen-bond donors (Lipinski definition) is 1. The summed E-state index contributed by atoms with van der Waals surface area (Å²) < 4.78 is 5.20. The zero-order valence-electron chi connectivity index (χ0n) is 15.9. The first-order chi connectivity index (χ1) is 13.2. The van der Waals surface area contributed by atoms with Crippen molar-refractivity contribution in [2.75, 3.05) is 7.11 Å². The highest BCUT2D eigenvalue weighted by molar-refractivity contribution is 5.87. The number of carbonyl (C=O) groups excluding carboxylic acids is 1. The average molecular weight is 362 g/mol. The van der Waals surface area contributed by atoms with Gasteiger partial charge < -0.3 is 9.72 Å². The Bertz CT molecular complexity index is 932. The molecule has 2 aromatic carbocycles. The van der Waals surface area contributed by atoms with Gasteiger partial charge in [0.2, 0.25) is 0 Å². The van der Waals surface area contributed by atoms with Crippen molar-refractivity contribution < 1.29 is 9.53 Å². The van der Waals surface area contributed by atoms with Gasteiger partial charge in [0.1, 0.15) is 6.04 Å². The first kappa shape index (κ1) is 17.8. The molecule has 0 saturated heterocycles. The molecule has 1 aliphatic heterocycles. The second kappa shape index (κ2) is 7.57. The van der Waals surface area contributed by atoms with E-state index < -0.39 is 0 Å². The van der Waals surface area contributed by atoms with Gasteiger partial charge in [0.25, 0.3) is 0 Å². The maximum absolute atomic E-state index is 12.7. The van der Waals surface area contributed by atoms with Crippen molar-refractivity contribution in [1.29, 1.82) is 0 Å². The molecule has 4 nitrogen and oxygen atoms in total. The van der Waals surface area contributed by atoms with Crippen LogP contribution in [0.4, 0.5) is 0 Å². The number of rotatable bonds is 5. The van der Waals surface area contributed by atoms with E-state index >= 15 is 0 Å². The monoisotopic (exact) mass is 362 g/mol. The fourth-order valence-electron chi connectivity index (χ4n) is 4.37. The molecule has 140 valence electrons. The number of benzene rings is 2. The fraction of sp³-hybridized carbons (Fsp3) is 0.348. The van der Waals surface area contributed by atoms with E-state index in [9.17, 15) is 4.79 Å². The van der Waals surface area contributed by atoms with Crippen LogP contribution in [0.5, 0.6) is 0 Å². The Kier molecular flexibility index (Phi) is 4.99. The zero-order chi connectivity index (χ0) is 18.8. The summed E-state index contributed by atoms with van der Waals surface area (Å²) in [5.74, 6) is -0.150. The van der Waals surface area contributed by atoms with Gasteiger partial charge in [-0.3, -0.25) is 9.69 Å². The summed E-state index contributed by atoms with van der Waals surface area (Å²) >= 11 is 0. The minimum atomic E-state index is -0.265. The molecule has 4 heteroatoms. The number of hydrogen-bond acceptors (Lipinski definition) is 3. The van der Waals surface area contributed by atoms with Gasteiger partial charge >= 0.3 is 5.97 Å². The lowest BCUT2D eigenvalue weighted by molar-refractivity contribution is -0.149. The van der Waals surface area contributed by atoms with Crippen molar-refractivity contribution in [1.82, 2.24) is 9.88 Å². The minimum absolute atomic E-state index is 0.150. The summed E-state index contributed by atoms with van der Waals surface area (Å²) in [5, 5.41) is 1.22. The lowest BCUT2D eigenvalue weighted by atomic mass is 9.89. The van der Waals surface area contributed by atoms with Crippen molar-refractivity contribution in [2.24, 2.45) is 0 Å². The van der Waals surface area contributed by atoms with E-state index in [0.29, 0.717) is 6.42 Å². The molecule has 0 aliphatic carbocycles. The molecule has 0 bridgehead atoms. The van der Waals surface area contributed by atoms with Gasteiger partial charge in [0, 0.05) is 29.6 Å². The maximum Gasteiger partial charge on any atom is 0.323 e. The highest BCUT2D eigenvalue weighted by Crippen LogP contribution is 2.40. The van der Waals surface area contributed by atoms with Gasteiger partial charge in [0.05, 0.1) is 13.2 Å². The predicted octanol–water partition coefficient (Wildman–Crippen LogP) is 4.61. The maximum atomic E-state index is 12.7. The number of esters is 1. The van der Waals surface area contributed by atoms with Crippen LogP contribution in [0.3, 0.4) is 0 Å². The molecular weight excluding hydrogens is 336 g/mol. The van der Waals surface area contributed by atoms with Gasteiger partial charge in [-0.15, -0.1) is 0 Å². The van der Waals surface area contributed by atoms with Crippen LogP contribution in [-0.4, -0.2) is 29.0 Å². The summed E-state index contributed by atoms with van der Waals surface area (Å²) in [7, 11) is 1.49. The molecular formula is C23H26N2O2. The highest BCUT2D eigenvalue weighted by Gasteiger charge is 2.40. The van der Waals surface area contributed by atoms with Gasteiger partial charge in [0.15, 0.2) is 0 Å². The second-order valence-corrected chi connectivity index (χ2v) is 7.27. The van der Waals surface area contributed by atoms with Crippen LogP contribution in [0.15, 0.2) is 54.6 Å². The number of carbonyl (C=O) groups is 1. The Labute approximate surface area is 160 Å². The quantitative estimate of drug-likeness (QED) is 0.674. The number of ether oxygens (including phenoxy) is 1. The van der Waals surface area contributed by atoms with Crippen molar-refractivity contribution in [3.8, 4) is 0 Å². The number of fused-ring (bicyclic) bond motifs is 3. The van der Waals surface area contributed by atoms with Crippen molar-refractivity contribution in [3.63, 3.8) is 0 Å². The van der Waals surface area contributed by atoms with Gasteiger partial charge in [-0.05, 0) is 23.6 Å². The van der Waals surface area contributed by atoms with Crippen LogP contribution in [-0.2, 0) is 22.5 Å². The molecule has 0 unspecified atom stereocenters. The normalized spacial score (nSPS) is 19.8. The van der Waals surface area contributed by atoms with Crippen LogP contribution in [0.1, 0.15) is 42.6 Å². The Morgan fingerprint density at radius 1 is 1.15 bits per heavy atom. The van der Waals surface area contributed by atoms with Crippen LogP contribution < -0.4 is 0 Å². The van der Waals surface area contributed by atoms with E-state index in [0.717, 1.165) is 24.9 Å². The number of aromatic amines is 1. The van der Waals surface area contributed by atoms with E-state index in [-0.39, 0.29) is 18.1 Å². The zero-order valence-corrected chi connectivity index (χ0v) is 15.9. The molecule has 1 N–H and O–H groups in total. The predicted molar refractivity (Wildman–Crippen MR) is 107 cm³/mol. The summed E-state index contributed by atoms with van der Waals surface area (Å²) in [6.45, 7) is 2.94. The molecule has 2 heterocycles. The molecule has 3 aromatic rings. The molecule has 0 saturated carbocycles. The topological polar surface area (TPSA) is 45.3 Å². The summed E-state index contributed by atoms with van der Waals surface area (Å²) in [5.41, 5.74) is 4.89. The largest absolute Gasteiger partial charge is 0.468 e. The summed E-state index contributed by atoms with van der Waals surface area (Å²) in [6, 6.07) is 18.7. The molecule has 0 amide bonds. The van der Waals surface area contributed by atoms with E-state index in [1.165, 1.54) is 29.3 Å². The van der Waals surface area contributed by atoms with Crippen LogP contribution in [0.2, 0.25) is 0 Å². The number of H-pyrrole nitrogens is 1. The van der Waals surface area contributed by atoms with Crippen molar-refractivity contribution in [3.05, 3.63) is 71.4 Å². The molecule has 0 fully saturated rings. The molecule has 0 radical (unpaired) electrons. The third-order valence-corrected chi connectivity index (χ3v) is 5.62. The second-order valence-electron chi connectivity index (χ2n) is 7.27. The fourth-order valence-corrected chi connectivity index (χ4v) is 4.37. The molecule has 1 aliphatic rings.